The maximum atomic E-state index is 13.6. The number of fused-ring (bicyclic) bond motifs is 3. The fourth-order valence-corrected chi connectivity index (χ4v) is 6.42. The molecule has 0 N–H and O–H groups in total. The van der Waals surface area contributed by atoms with Gasteiger partial charge in [-0.05, 0) is 75.4 Å². The molecule has 2 saturated carbocycles. The SMILES string of the molecule is Cc1nc(N2CC3(CC(c4nnc5n4-c4ccc(Cl)cc4CN(C4(C)CC4)C5)C3)C2)ccc1F. The molecule has 4 heterocycles. The minimum absolute atomic E-state index is 0.244. The van der Waals surface area contributed by atoms with Crippen LogP contribution in [-0.4, -0.2) is 43.3 Å². The van der Waals surface area contributed by atoms with Gasteiger partial charge in [-0.25, -0.2) is 9.37 Å². The number of anilines is 1. The summed E-state index contributed by atoms with van der Waals surface area (Å²) in [5, 5.41) is 10.2. The second-order valence-corrected chi connectivity index (χ2v) is 11.6. The smallest absolute Gasteiger partial charge is 0.151 e. The first-order chi connectivity index (χ1) is 16.3. The van der Waals surface area contributed by atoms with Crippen LogP contribution in [0.3, 0.4) is 0 Å². The molecule has 0 atom stereocenters. The first-order valence-corrected chi connectivity index (χ1v) is 12.6. The molecule has 34 heavy (non-hydrogen) atoms. The van der Waals surface area contributed by atoms with E-state index in [1.54, 1.807) is 13.0 Å². The standard InChI is InChI=1S/C26H28ClFN6/c1-16-20(28)4-6-22(29-16)32-14-26(15-32)10-18(11-26)24-31-30-23-13-33(25(2)7-8-25)12-17-9-19(27)3-5-21(17)34(23)24/h3-6,9,18H,7-8,10-15H2,1-2H3. The number of aryl methyl sites for hydroxylation is 1. The van der Waals surface area contributed by atoms with Crippen LogP contribution in [-0.2, 0) is 13.1 Å². The van der Waals surface area contributed by atoms with E-state index in [0.717, 1.165) is 61.5 Å². The van der Waals surface area contributed by atoms with E-state index in [0.29, 0.717) is 17.0 Å². The minimum Gasteiger partial charge on any atom is -0.355 e. The Morgan fingerprint density at radius 1 is 1.06 bits per heavy atom. The summed E-state index contributed by atoms with van der Waals surface area (Å²) in [5.74, 6) is 3.15. The van der Waals surface area contributed by atoms with Crippen LogP contribution in [0.15, 0.2) is 30.3 Å². The van der Waals surface area contributed by atoms with Gasteiger partial charge in [-0.15, -0.1) is 10.2 Å². The Kier molecular flexibility index (Phi) is 4.30. The van der Waals surface area contributed by atoms with Crippen molar-refractivity contribution in [1.82, 2.24) is 24.6 Å². The van der Waals surface area contributed by atoms with E-state index in [4.69, 9.17) is 16.7 Å². The van der Waals surface area contributed by atoms with Gasteiger partial charge < -0.3 is 4.90 Å². The molecule has 7 rings (SSSR count). The van der Waals surface area contributed by atoms with E-state index < -0.39 is 0 Å². The van der Waals surface area contributed by atoms with Gasteiger partial charge in [0.15, 0.2) is 5.82 Å². The van der Waals surface area contributed by atoms with Gasteiger partial charge >= 0.3 is 0 Å². The molecule has 0 amide bonds. The zero-order chi connectivity index (χ0) is 23.2. The molecule has 4 aliphatic rings. The van der Waals surface area contributed by atoms with Crippen LogP contribution in [0.25, 0.3) is 5.69 Å². The summed E-state index contributed by atoms with van der Waals surface area (Å²) >= 11 is 6.41. The molecule has 0 bridgehead atoms. The molecule has 2 aliphatic heterocycles. The Balaban J connectivity index is 1.14. The highest BCUT2D eigenvalue weighted by Crippen LogP contribution is 2.57. The lowest BCUT2D eigenvalue weighted by molar-refractivity contribution is 0.0581. The first-order valence-electron chi connectivity index (χ1n) is 12.2. The largest absolute Gasteiger partial charge is 0.355 e. The quantitative estimate of drug-likeness (QED) is 0.529. The molecule has 6 nitrogen and oxygen atoms in total. The summed E-state index contributed by atoms with van der Waals surface area (Å²) in [6.45, 7) is 7.72. The lowest BCUT2D eigenvalue weighted by Gasteiger charge is -2.59. The normalized spacial score (nSPS) is 22.5. The van der Waals surface area contributed by atoms with E-state index in [2.05, 4.69) is 43.5 Å². The molecule has 1 saturated heterocycles. The van der Waals surface area contributed by atoms with E-state index in [9.17, 15) is 4.39 Å². The summed E-state index contributed by atoms with van der Waals surface area (Å²) in [4.78, 5) is 9.24. The van der Waals surface area contributed by atoms with Gasteiger partial charge in [-0.2, -0.15) is 0 Å². The average Bonchev–Trinajstić information content (AvgIpc) is 3.42. The second kappa shape index (κ2) is 7.01. The van der Waals surface area contributed by atoms with Crippen LogP contribution in [0.4, 0.5) is 10.2 Å². The van der Waals surface area contributed by atoms with Gasteiger partial charge in [0, 0.05) is 41.5 Å². The number of aromatic nitrogens is 4. The van der Waals surface area contributed by atoms with Gasteiger partial charge in [0.25, 0.3) is 0 Å². The molecule has 3 aromatic rings. The molecule has 3 fully saturated rings. The molecule has 2 aromatic heterocycles. The molecular weight excluding hydrogens is 451 g/mol. The molecule has 2 aliphatic carbocycles. The van der Waals surface area contributed by atoms with E-state index in [-0.39, 0.29) is 11.4 Å². The van der Waals surface area contributed by atoms with Crippen molar-refractivity contribution in [3.8, 4) is 5.69 Å². The van der Waals surface area contributed by atoms with Crippen LogP contribution in [0.5, 0.6) is 0 Å². The van der Waals surface area contributed by atoms with Gasteiger partial charge in [-0.1, -0.05) is 11.6 Å². The summed E-state index contributed by atoms with van der Waals surface area (Å²) in [7, 11) is 0. The number of nitrogens with zero attached hydrogens (tertiary/aromatic N) is 6. The number of halogens is 2. The van der Waals surface area contributed by atoms with E-state index in [1.807, 2.05) is 6.07 Å². The van der Waals surface area contributed by atoms with Gasteiger partial charge in [0.2, 0.25) is 0 Å². The van der Waals surface area contributed by atoms with Crippen molar-refractivity contribution < 1.29 is 4.39 Å². The monoisotopic (exact) mass is 478 g/mol. The molecule has 1 spiro atoms. The number of rotatable bonds is 3. The summed E-state index contributed by atoms with van der Waals surface area (Å²) in [6, 6.07) is 9.53. The van der Waals surface area contributed by atoms with Gasteiger partial charge in [-0.3, -0.25) is 9.47 Å². The maximum Gasteiger partial charge on any atom is 0.151 e. The highest BCUT2D eigenvalue weighted by molar-refractivity contribution is 6.30. The molecule has 0 radical (unpaired) electrons. The predicted molar refractivity (Wildman–Crippen MR) is 129 cm³/mol. The number of hydrogen-bond acceptors (Lipinski definition) is 5. The van der Waals surface area contributed by atoms with Crippen molar-refractivity contribution in [2.45, 2.75) is 64.1 Å². The topological polar surface area (TPSA) is 50.1 Å². The fraction of sp³-hybridized carbons (Fsp3) is 0.500. The Bertz CT molecular complexity index is 1300. The van der Waals surface area contributed by atoms with Crippen molar-refractivity contribution >= 4 is 17.4 Å². The highest BCUT2D eigenvalue weighted by atomic mass is 35.5. The zero-order valence-electron chi connectivity index (χ0n) is 19.6. The lowest BCUT2D eigenvalue weighted by Crippen LogP contribution is -2.62. The molecule has 0 unspecified atom stereocenters. The second-order valence-electron chi connectivity index (χ2n) is 11.1. The summed E-state index contributed by atoms with van der Waals surface area (Å²) in [6.07, 6.45) is 4.67. The van der Waals surface area contributed by atoms with Gasteiger partial charge in [0.1, 0.15) is 17.5 Å². The molecule has 1 aromatic carbocycles. The minimum atomic E-state index is -0.244. The summed E-state index contributed by atoms with van der Waals surface area (Å²) < 4.78 is 15.9. The lowest BCUT2D eigenvalue weighted by atomic mass is 9.57. The third kappa shape index (κ3) is 3.13. The molecule has 176 valence electrons. The van der Waals surface area contributed by atoms with Crippen molar-refractivity contribution in [2.75, 3.05) is 18.0 Å². The van der Waals surface area contributed by atoms with Crippen molar-refractivity contribution in [3.63, 3.8) is 0 Å². The van der Waals surface area contributed by atoms with E-state index in [1.165, 1.54) is 30.2 Å². The average molecular weight is 479 g/mol. The van der Waals surface area contributed by atoms with Crippen molar-refractivity contribution in [1.29, 1.82) is 0 Å². The third-order valence-electron chi connectivity index (χ3n) is 8.58. The van der Waals surface area contributed by atoms with Crippen molar-refractivity contribution in [3.05, 3.63) is 64.1 Å². The van der Waals surface area contributed by atoms with Crippen LogP contribution in [0, 0.1) is 18.2 Å². The molecule has 8 heteroatoms. The zero-order valence-corrected chi connectivity index (χ0v) is 20.3. The first kappa shape index (κ1) is 20.8. The fourth-order valence-electron chi connectivity index (χ4n) is 6.23. The third-order valence-corrected chi connectivity index (χ3v) is 8.81. The van der Waals surface area contributed by atoms with Crippen LogP contribution in [0.2, 0.25) is 5.02 Å². The van der Waals surface area contributed by atoms with Crippen LogP contribution >= 0.6 is 11.6 Å². The maximum absolute atomic E-state index is 13.6. The van der Waals surface area contributed by atoms with Gasteiger partial charge in [0.05, 0.1) is 17.9 Å². The Morgan fingerprint density at radius 2 is 1.85 bits per heavy atom. The highest BCUT2D eigenvalue weighted by Gasteiger charge is 2.54. The summed E-state index contributed by atoms with van der Waals surface area (Å²) in [5.41, 5.74) is 3.45. The Hall–Kier alpha value is -2.51. The van der Waals surface area contributed by atoms with Crippen LogP contribution in [0.1, 0.15) is 61.4 Å². The predicted octanol–water partition coefficient (Wildman–Crippen LogP) is 5.02. The Morgan fingerprint density at radius 3 is 2.59 bits per heavy atom. The Labute approximate surface area is 203 Å². The van der Waals surface area contributed by atoms with Crippen LogP contribution < -0.4 is 4.90 Å². The number of pyridine rings is 1. The van der Waals surface area contributed by atoms with Crippen molar-refractivity contribution in [2.24, 2.45) is 5.41 Å². The molecular formula is C26H28ClFN6. The number of benzene rings is 1. The number of hydrogen-bond donors (Lipinski definition) is 0. The van der Waals surface area contributed by atoms with E-state index >= 15 is 0 Å².